The van der Waals surface area contributed by atoms with E-state index in [1.54, 1.807) is 54.6 Å². The lowest BCUT2D eigenvalue weighted by Gasteiger charge is -2.34. The number of carbonyl (C=O) groups excluding carboxylic acids is 2. The van der Waals surface area contributed by atoms with E-state index in [0.29, 0.717) is 29.2 Å². The molecule has 0 unspecified atom stereocenters. The Hall–Kier alpha value is -2.62. The molecule has 0 aliphatic heterocycles. The second-order valence-corrected chi connectivity index (χ2v) is 10.8. The molecule has 10 heteroatoms. The fourth-order valence-corrected chi connectivity index (χ4v) is 4.80. The third kappa shape index (κ3) is 7.68. The van der Waals surface area contributed by atoms with E-state index in [2.05, 4.69) is 5.32 Å². The van der Waals surface area contributed by atoms with E-state index in [-0.39, 0.29) is 12.5 Å². The van der Waals surface area contributed by atoms with Gasteiger partial charge < -0.3 is 10.2 Å². The molecule has 2 amide bonds. The zero-order valence-electron chi connectivity index (χ0n) is 20.8. The standard InChI is InChI=1S/C25H35ClN4O4S/c1-5-7-17-27-25(32)23(6-2)29(18-20-13-11-12-16-22(20)26)24(31)19-30(35(33,34)28(3)4)21-14-9-8-10-15-21/h8-16,23H,5-7,17-19H2,1-4H3,(H,27,32)/t23-/m0/s1. The first-order valence-corrected chi connectivity index (χ1v) is 13.5. The Labute approximate surface area is 214 Å². The minimum Gasteiger partial charge on any atom is -0.354 e. The molecule has 0 saturated heterocycles. The zero-order chi connectivity index (χ0) is 26.0. The van der Waals surface area contributed by atoms with E-state index in [9.17, 15) is 18.0 Å². The summed E-state index contributed by atoms with van der Waals surface area (Å²) in [6, 6.07) is 14.7. The number of anilines is 1. The highest BCUT2D eigenvalue weighted by molar-refractivity contribution is 7.90. The summed E-state index contributed by atoms with van der Waals surface area (Å²) >= 11 is 6.37. The Morgan fingerprint density at radius 2 is 1.63 bits per heavy atom. The SMILES string of the molecule is CCCCNC(=O)[C@H](CC)N(Cc1ccccc1Cl)C(=O)CN(c1ccccc1)S(=O)(=O)N(C)C. The summed E-state index contributed by atoms with van der Waals surface area (Å²) in [6.07, 6.45) is 2.11. The quantitative estimate of drug-likeness (QED) is 0.406. The van der Waals surface area contributed by atoms with Gasteiger partial charge in [0.2, 0.25) is 11.8 Å². The number of para-hydroxylation sites is 1. The third-order valence-corrected chi connectivity index (χ3v) is 7.77. The Bertz CT molecular complexity index is 1080. The first-order valence-electron chi connectivity index (χ1n) is 11.7. The minimum atomic E-state index is -3.98. The predicted octanol–water partition coefficient (Wildman–Crippen LogP) is 3.68. The van der Waals surface area contributed by atoms with Crippen molar-refractivity contribution in [1.29, 1.82) is 0 Å². The molecule has 1 atom stereocenters. The van der Waals surface area contributed by atoms with Crippen LogP contribution in [0.3, 0.4) is 0 Å². The van der Waals surface area contributed by atoms with Gasteiger partial charge in [0.25, 0.3) is 0 Å². The fraction of sp³-hybridized carbons (Fsp3) is 0.440. The van der Waals surface area contributed by atoms with Crippen molar-refractivity contribution in [3.8, 4) is 0 Å². The van der Waals surface area contributed by atoms with Crippen molar-refractivity contribution in [3.63, 3.8) is 0 Å². The van der Waals surface area contributed by atoms with Crippen molar-refractivity contribution >= 4 is 39.3 Å². The largest absolute Gasteiger partial charge is 0.354 e. The summed E-state index contributed by atoms with van der Waals surface area (Å²) in [4.78, 5) is 28.2. The topological polar surface area (TPSA) is 90.0 Å². The normalized spacial score (nSPS) is 12.3. The van der Waals surface area contributed by atoms with Crippen LogP contribution in [0.5, 0.6) is 0 Å². The van der Waals surface area contributed by atoms with Gasteiger partial charge in [-0.25, -0.2) is 4.31 Å². The number of unbranched alkanes of at least 4 members (excludes halogenated alkanes) is 1. The van der Waals surface area contributed by atoms with Crippen LogP contribution in [0.4, 0.5) is 5.69 Å². The molecule has 0 bridgehead atoms. The van der Waals surface area contributed by atoms with Crippen molar-refractivity contribution in [2.45, 2.75) is 45.7 Å². The number of hydrogen-bond acceptors (Lipinski definition) is 4. The summed E-state index contributed by atoms with van der Waals surface area (Å²) < 4.78 is 28.4. The first-order chi connectivity index (χ1) is 16.6. The van der Waals surface area contributed by atoms with E-state index < -0.39 is 28.7 Å². The molecule has 0 spiro atoms. The van der Waals surface area contributed by atoms with Crippen LogP contribution in [0.1, 0.15) is 38.7 Å². The van der Waals surface area contributed by atoms with E-state index in [1.165, 1.54) is 19.0 Å². The van der Waals surface area contributed by atoms with Gasteiger partial charge in [-0.3, -0.25) is 9.59 Å². The summed E-state index contributed by atoms with van der Waals surface area (Å²) in [6.45, 7) is 3.96. The Balaban J connectivity index is 2.45. The number of nitrogens with one attached hydrogen (secondary N) is 1. The van der Waals surface area contributed by atoms with Gasteiger partial charge >= 0.3 is 10.2 Å². The summed E-state index contributed by atoms with van der Waals surface area (Å²) in [5, 5.41) is 3.36. The molecule has 1 N–H and O–H groups in total. The fourth-order valence-electron chi connectivity index (χ4n) is 3.55. The van der Waals surface area contributed by atoms with Crippen LogP contribution >= 0.6 is 11.6 Å². The van der Waals surface area contributed by atoms with Gasteiger partial charge in [-0.05, 0) is 36.6 Å². The highest BCUT2D eigenvalue weighted by atomic mass is 35.5. The van der Waals surface area contributed by atoms with Crippen LogP contribution in [0.2, 0.25) is 5.02 Å². The molecule has 0 aliphatic carbocycles. The molecule has 192 valence electrons. The third-order valence-electron chi connectivity index (χ3n) is 5.58. The van der Waals surface area contributed by atoms with Crippen LogP contribution < -0.4 is 9.62 Å². The van der Waals surface area contributed by atoms with Crippen molar-refractivity contribution < 1.29 is 18.0 Å². The number of amides is 2. The number of hydrogen-bond donors (Lipinski definition) is 1. The zero-order valence-corrected chi connectivity index (χ0v) is 22.3. The van der Waals surface area contributed by atoms with E-state index in [4.69, 9.17) is 11.6 Å². The number of nitrogens with zero attached hydrogens (tertiary/aromatic N) is 3. The number of benzene rings is 2. The van der Waals surface area contributed by atoms with E-state index in [1.807, 2.05) is 13.8 Å². The van der Waals surface area contributed by atoms with Crippen LogP contribution in [0.15, 0.2) is 54.6 Å². The average molecular weight is 523 g/mol. The predicted molar refractivity (Wildman–Crippen MR) is 140 cm³/mol. The van der Waals surface area contributed by atoms with Crippen molar-refractivity contribution in [3.05, 3.63) is 65.2 Å². The Morgan fingerprint density at radius 3 is 2.20 bits per heavy atom. The number of halogens is 1. The second-order valence-electron chi connectivity index (χ2n) is 8.31. The van der Waals surface area contributed by atoms with Crippen molar-refractivity contribution in [2.75, 3.05) is 31.5 Å². The maximum Gasteiger partial charge on any atom is 0.304 e. The van der Waals surface area contributed by atoms with Gasteiger partial charge in [0, 0.05) is 32.2 Å². The molecule has 0 fully saturated rings. The molecule has 0 radical (unpaired) electrons. The number of rotatable bonds is 13. The lowest BCUT2D eigenvalue weighted by atomic mass is 10.1. The van der Waals surface area contributed by atoms with Crippen LogP contribution in [0, 0.1) is 0 Å². The van der Waals surface area contributed by atoms with Crippen LogP contribution in [0.25, 0.3) is 0 Å². The van der Waals surface area contributed by atoms with Crippen molar-refractivity contribution in [2.24, 2.45) is 0 Å². The summed E-state index contributed by atoms with van der Waals surface area (Å²) in [5.74, 6) is -0.778. The molecule has 2 aromatic carbocycles. The lowest BCUT2D eigenvalue weighted by molar-refractivity contribution is -0.140. The number of carbonyl (C=O) groups is 2. The highest BCUT2D eigenvalue weighted by Crippen LogP contribution is 2.23. The smallest absolute Gasteiger partial charge is 0.304 e. The Morgan fingerprint density at radius 1 is 1.00 bits per heavy atom. The molecule has 2 aromatic rings. The van der Waals surface area contributed by atoms with Crippen LogP contribution in [-0.4, -0.2) is 62.7 Å². The molecular weight excluding hydrogens is 488 g/mol. The van der Waals surface area contributed by atoms with Crippen molar-refractivity contribution in [1.82, 2.24) is 14.5 Å². The molecule has 0 aromatic heterocycles. The lowest BCUT2D eigenvalue weighted by Crippen LogP contribution is -2.53. The maximum atomic E-state index is 13.7. The van der Waals surface area contributed by atoms with Gasteiger partial charge in [-0.2, -0.15) is 12.7 Å². The Kier molecular flexibility index (Phi) is 11.0. The summed E-state index contributed by atoms with van der Waals surface area (Å²) in [5.41, 5.74) is 1.02. The molecular formula is C25H35ClN4O4S. The van der Waals surface area contributed by atoms with Gasteiger partial charge in [0.05, 0.1) is 5.69 Å². The molecule has 2 rings (SSSR count). The minimum absolute atomic E-state index is 0.0723. The molecule has 0 saturated carbocycles. The molecule has 8 nitrogen and oxygen atoms in total. The summed E-state index contributed by atoms with van der Waals surface area (Å²) in [7, 11) is -1.16. The van der Waals surface area contributed by atoms with E-state index in [0.717, 1.165) is 21.5 Å². The van der Waals surface area contributed by atoms with Crippen LogP contribution in [-0.2, 0) is 26.3 Å². The van der Waals surface area contributed by atoms with Gasteiger partial charge in [-0.1, -0.05) is 68.3 Å². The highest BCUT2D eigenvalue weighted by Gasteiger charge is 2.33. The average Bonchev–Trinajstić information content (AvgIpc) is 2.83. The molecule has 0 aliphatic rings. The molecule has 35 heavy (non-hydrogen) atoms. The van der Waals surface area contributed by atoms with Gasteiger partial charge in [0.15, 0.2) is 0 Å². The second kappa shape index (κ2) is 13.5. The van der Waals surface area contributed by atoms with Gasteiger partial charge in [-0.15, -0.1) is 0 Å². The molecule has 0 heterocycles. The first kappa shape index (κ1) is 28.6. The maximum absolute atomic E-state index is 13.7. The monoisotopic (exact) mass is 522 g/mol. The van der Waals surface area contributed by atoms with Gasteiger partial charge in [0.1, 0.15) is 12.6 Å². The van der Waals surface area contributed by atoms with E-state index >= 15 is 0 Å².